The Morgan fingerprint density at radius 3 is 2.48 bits per heavy atom. The fraction of sp³-hybridized carbons (Fsp3) is 0.682. The number of rotatable bonds is 4. The van der Waals surface area contributed by atoms with Crippen molar-refractivity contribution in [3.05, 3.63) is 29.8 Å². The lowest BCUT2D eigenvalue weighted by Gasteiger charge is -2.56. The maximum atomic E-state index is 13.0. The normalized spacial score (nSPS) is 36.5. The summed E-state index contributed by atoms with van der Waals surface area (Å²) in [5.41, 5.74) is 3.01. The Morgan fingerprint density at radius 2 is 1.80 bits per heavy atom. The molecule has 4 aliphatic carbocycles. The molecular weight excluding hydrogens is 308 g/mol. The predicted molar refractivity (Wildman–Crippen MR) is 99.4 cm³/mol. The molecule has 5 aliphatic rings. The van der Waals surface area contributed by atoms with Crippen molar-refractivity contribution in [3.8, 4) is 0 Å². The number of hydrogen-bond acceptors (Lipinski definition) is 1. The maximum absolute atomic E-state index is 13.0. The van der Waals surface area contributed by atoms with E-state index in [1.165, 1.54) is 50.6 Å². The minimum atomic E-state index is 0.0409. The molecular formula is C22H31N2O+. The van der Waals surface area contributed by atoms with Crippen LogP contribution >= 0.6 is 0 Å². The molecule has 4 bridgehead atoms. The minimum Gasteiger partial charge on any atom is -0.336 e. The second kappa shape index (κ2) is 5.84. The number of carbonyl (C=O) groups excluding carboxylic acids is 1. The number of carbonyl (C=O) groups is 1. The maximum Gasteiger partial charge on any atom is 0.284 e. The fourth-order valence-electron chi connectivity index (χ4n) is 6.88. The Bertz CT molecular complexity index is 647. The van der Waals surface area contributed by atoms with Gasteiger partial charge in [0.1, 0.15) is 0 Å². The number of nitrogens with two attached hydrogens (primary N) is 1. The molecule has 3 heteroatoms. The van der Waals surface area contributed by atoms with Crippen LogP contribution in [0.25, 0.3) is 0 Å². The summed E-state index contributed by atoms with van der Waals surface area (Å²) in [6.07, 6.45) is 9.80. The first-order valence-corrected chi connectivity index (χ1v) is 10.3. The second-order valence-corrected chi connectivity index (χ2v) is 9.51. The van der Waals surface area contributed by atoms with E-state index in [1.54, 1.807) is 0 Å². The van der Waals surface area contributed by atoms with Gasteiger partial charge in [-0.1, -0.05) is 18.2 Å². The number of anilines is 1. The number of nitrogens with zero attached hydrogens (tertiary/aromatic N) is 1. The fourth-order valence-corrected chi connectivity index (χ4v) is 6.88. The Morgan fingerprint density at radius 1 is 1.16 bits per heavy atom. The van der Waals surface area contributed by atoms with Gasteiger partial charge in [-0.05, 0) is 81.3 Å². The molecule has 6 rings (SSSR count). The third kappa shape index (κ3) is 2.71. The molecule has 0 saturated heterocycles. The predicted octanol–water partition coefficient (Wildman–Crippen LogP) is 2.74. The first-order valence-electron chi connectivity index (χ1n) is 10.3. The summed E-state index contributed by atoms with van der Waals surface area (Å²) in [5.74, 6) is 3.29. The van der Waals surface area contributed by atoms with Gasteiger partial charge in [0.15, 0.2) is 6.04 Å². The molecule has 4 saturated carbocycles. The molecule has 1 aliphatic heterocycles. The number of para-hydroxylation sites is 1. The van der Waals surface area contributed by atoms with Gasteiger partial charge >= 0.3 is 0 Å². The first kappa shape index (κ1) is 15.9. The zero-order valence-electron chi connectivity index (χ0n) is 15.4. The molecule has 0 spiro atoms. The Balaban J connectivity index is 1.24. The largest absolute Gasteiger partial charge is 0.336 e. The van der Waals surface area contributed by atoms with Gasteiger partial charge in [-0.15, -0.1) is 0 Å². The van der Waals surface area contributed by atoms with Crippen LogP contribution in [0.1, 0.15) is 51.0 Å². The lowest BCUT2D eigenvalue weighted by Crippen LogP contribution is -2.94. The van der Waals surface area contributed by atoms with Crippen molar-refractivity contribution in [3.63, 3.8) is 0 Å². The number of benzene rings is 1. The highest BCUT2D eigenvalue weighted by Crippen LogP contribution is 2.59. The molecule has 0 radical (unpaired) electrons. The molecule has 2 N–H and O–H groups in total. The van der Waals surface area contributed by atoms with Gasteiger partial charge in [-0.3, -0.25) is 4.79 Å². The highest BCUT2D eigenvalue weighted by atomic mass is 16.2. The van der Waals surface area contributed by atoms with Crippen molar-refractivity contribution in [1.82, 2.24) is 0 Å². The van der Waals surface area contributed by atoms with E-state index >= 15 is 0 Å². The van der Waals surface area contributed by atoms with Crippen molar-refractivity contribution in [2.24, 2.45) is 23.2 Å². The summed E-state index contributed by atoms with van der Waals surface area (Å²) in [7, 11) is 0. The van der Waals surface area contributed by atoms with E-state index in [0.29, 0.717) is 11.3 Å². The smallest absolute Gasteiger partial charge is 0.284 e. The summed E-state index contributed by atoms with van der Waals surface area (Å²) < 4.78 is 0. The van der Waals surface area contributed by atoms with Crippen LogP contribution in [0, 0.1) is 23.2 Å². The summed E-state index contributed by atoms with van der Waals surface area (Å²) in [5, 5.41) is 2.37. The Kier molecular flexibility index (Phi) is 3.70. The van der Waals surface area contributed by atoms with Crippen LogP contribution in [0.3, 0.4) is 0 Å². The Hall–Kier alpha value is -1.35. The molecule has 1 heterocycles. The van der Waals surface area contributed by atoms with E-state index in [0.717, 1.165) is 36.4 Å². The van der Waals surface area contributed by atoms with Gasteiger partial charge < -0.3 is 10.2 Å². The number of quaternary nitrogens is 1. The third-order valence-electron chi connectivity index (χ3n) is 7.61. The van der Waals surface area contributed by atoms with Crippen molar-refractivity contribution in [1.29, 1.82) is 0 Å². The van der Waals surface area contributed by atoms with E-state index in [4.69, 9.17) is 0 Å². The zero-order valence-corrected chi connectivity index (χ0v) is 15.4. The Labute approximate surface area is 151 Å². The average molecular weight is 340 g/mol. The SMILES string of the molecule is C[C@@H]([NH2+]CC12CC3CC(CC(C3)C1)C2)C(=O)N1CCc2ccccc21. The van der Waals surface area contributed by atoms with Gasteiger partial charge in [-0.25, -0.2) is 0 Å². The standard InChI is InChI=1S/C22H30N2O/c1-15(21(25)24-7-6-19-4-2-3-5-20(19)24)23-14-22-11-16-8-17(12-22)10-18(9-16)13-22/h2-5,15-18,23H,6-14H2,1H3/p+1/t15-,16?,17?,18?,22?/m1/s1. The van der Waals surface area contributed by atoms with Crippen LogP contribution in [-0.4, -0.2) is 25.0 Å². The van der Waals surface area contributed by atoms with Gasteiger partial charge in [0.25, 0.3) is 5.91 Å². The minimum absolute atomic E-state index is 0.0409. The van der Waals surface area contributed by atoms with Crippen molar-refractivity contribution >= 4 is 11.6 Å². The van der Waals surface area contributed by atoms with E-state index < -0.39 is 0 Å². The van der Waals surface area contributed by atoms with Crippen LogP contribution < -0.4 is 10.2 Å². The second-order valence-electron chi connectivity index (χ2n) is 9.51. The zero-order chi connectivity index (χ0) is 17.0. The average Bonchev–Trinajstić information content (AvgIpc) is 3.02. The molecule has 1 amide bonds. The van der Waals surface area contributed by atoms with Gasteiger partial charge in [0, 0.05) is 17.6 Å². The van der Waals surface area contributed by atoms with E-state index in [1.807, 2.05) is 11.0 Å². The van der Waals surface area contributed by atoms with Gasteiger partial charge in [-0.2, -0.15) is 0 Å². The monoisotopic (exact) mass is 339 g/mol. The van der Waals surface area contributed by atoms with Crippen molar-refractivity contribution < 1.29 is 10.1 Å². The van der Waals surface area contributed by atoms with E-state index in [9.17, 15) is 4.79 Å². The molecule has 3 nitrogen and oxygen atoms in total. The van der Waals surface area contributed by atoms with Gasteiger partial charge in [0.05, 0.1) is 6.54 Å². The molecule has 1 aromatic rings. The number of amides is 1. The highest BCUT2D eigenvalue weighted by Gasteiger charge is 2.52. The third-order valence-corrected chi connectivity index (χ3v) is 7.61. The molecule has 134 valence electrons. The summed E-state index contributed by atoms with van der Waals surface area (Å²) in [6.45, 7) is 4.14. The van der Waals surface area contributed by atoms with Crippen molar-refractivity contribution in [2.45, 2.75) is 57.9 Å². The van der Waals surface area contributed by atoms with Crippen molar-refractivity contribution in [2.75, 3.05) is 18.0 Å². The lowest BCUT2D eigenvalue weighted by atomic mass is 9.49. The molecule has 1 atom stereocenters. The first-order chi connectivity index (χ1) is 12.1. The molecule has 1 aromatic carbocycles. The van der Waals surface area contributed by atoms with E-state index in [2.05, 4.69) is 30.4 Å². The van der Waals surface area contributed by atoms with Gasteiger partial charge in [0.2, 0.25) is 0 Å². The molecule has 25 heavy (non-hydrogen) atoms. The molecule has 4 fully saturated rings. The van der Waals surface area contributed by atoms with Crippen LogP contribution in [0.4, 0.5) is 5.69 Å². The quantitative estimate of drug-likeness (QED) is 0.900. The summed E-state index contributed by atoms with van der Waals surface area (Å²) >= 11 is 0. The van der Waals surface area contributed by atoms with Crippen LogP contribution in [0.2, 0.25) is 0 Å². The number of fused-ring (bicyclic) bond motifs is 1. The summed E-state index contributed by atoms with van der Waals surface area (Å²) in [6, 6.07) is 8.43. The topological polar surface area (TPSA) is 36.9 Å². The van der Waals surface area contributed by atoms with Crippen LogP contribution in [-0.2, 0) is 11.2 Å². The summed E-state index contributed by atoms with van der Waals surface area (Å²) in [4.78, 5) is 15.0. The molecule has 0 aromatic heterocycles. The lowest BCUT2D eigenvalue weighted by molar-refractivity contribution is -0.686. The number of hydrogen-bond donors (Lipinski definition) is 1. The van der Waals surface area contributed by atoms with E-state index in [-0.39, 0.29) is 6.04 Å². The highest BCUT2D eigenvalue weighted by molar-refractivity contribution is 5.97. The van der Waals surface area contributed by atoms with Crippen LogP contribution in [0.15, 0.2) is 24.3 Å². The molecule has 0 unspecified atom stereocenters. The van der Waals surface area contributed by atoms with Crippen LogP contribution in [0.5, 0.6) is 0 Å².